The summed E-state index contributed by atoms with van der Waals surface area (Å²) in [5, 5.41) is 0. The van der Waals surface area contributed by atoms with Crippen LogP contribution in [0.1, 0.15) is 20.8 Å². The topological polar surface area (TPSA) is 107 Å². The van der Waals surface area contributed by atoms with Crippen LogP contribution in [0.4, 0.5) is 0 Å². The van der Waals surface area contributed by atoms with Crippen molar-refractivity contribution < 1.29 is 25.8 Å². The lowest BCUT2D eigenvalue weighted by Gasteiger charge is -2.21. The van der Waals surface area contributed by atoms with Gasteiger partial charge in [0.2, 0.25) is 0 Å². The van der Waals surface area contributed by atoms with E-state index >= 15 is 0 Å². The summed E-state index contributed by atoms with van der Waals surface area (Å²) in [6, 6.07) is 0. The normalized spacial score (nSPS) is 11.6. The highest BCUT2D eigenvalue weighted by Gasteiger charge is 2.24. The Hall–Kier alpha value is -0.220. The van der Waals surface area contributed by atoms with Gasteiger partial charge >= 0.3 is 10.6 Å². The summed E-state index contributed by atoms with van der Waals surface area (Å²) < 4.78 is 53.3. The predicted molar refractivity (Wildman–Crippen MR) is 67.9 cm³/mol. The molecule has 18 heavy (non-hydrogen) atoms. The van der Waals surface area contributed by atoms with Gasteiger partial charge in [-0.15, -0.1) is 12.6 Å². The van der Waals surface area contributed by atoms with Crippen LogP contribution in [0, 0.1) is 0 Å². The van der Waals surface area contributed by atoms with Crippen molar-refractivity contribution in [2.24, 2.45) is 0 Å². The van der Waals surface area contributed by atoms with Crippen molar-refractivity contribution in [3.8, 4) is 0 Å². The molecule has 10 heteroatoms. The summed E-state index contributed by atoms with van der Waals surface area (Å²) in [6.07, 6.45) is 0. The van der Waals surface area contributed by atoms with Gasteiger partial charge in [-0.3, -0.25) is 0 Å². The molecule has 0 atom stereocenters. The first-order valence-corrected chi connectivity index (χ1v) is 8.19. The highest BCUT2D eigenvalue weighted by molar-refractivity contribution is 7.91. The van der Waals surface area contributed by atoms with E-state index in [0.29, 0.717) is 6.61 Å². The van der Waals surface area contributed by atoms with Crippen LogP contribution in [0.3, 0.4) is 0 Å². The molecule has 0 aromatic rings. The minimum Gasteiger partial charge on any atom is -0.381 e. The molecule has 0 saturated carbocycles. The summed E-state index contributed by atoms with van der Waals surface area (Å²) >= 11 is 5.41. The maximum atomic E-state index is 11.5. The largest absolute Gasteiger partial charge is 0.425 e. The van der Waals surface area contributed by atoms with Crippen molar-refractivity contribution in [2.75, 3.05) is 24.7 Å². The van der Waals surface area contributed by atoms with E-state index in [0.717, 1.165) is 0 Å². The summed E-state index contributed by atoms with van der Waals surface area (Å²) in [7, 11) is -6.21. The molecule has 0 aliphatic carbocycles. The number of hydrogen-bond donors (Lipinski definition) is 1. The van der Waals surface area contributed by atoms with Crippen LogP contribution in [0.25, 0.3) is 0 Å². The quantitative estimate of drug-likeness (QED) is 0.517. The van der Waals surface area contributed by atoms with Gasteiger partial charge in [0, 0.05) is 12.1 Å². The Bertz CT molecular complexity index is 409. The van der Waals surface area contributed by atoms with E-state index < -0.39 is 26.0 Å². The minimum absolute atomic E-state index is 0.0105. The second-order valence-corrected chi connectivity index (χ2v) is 6.75. The second kappa shape index (κ2) is 9.68. The molecule has 0 aromatic heterocycles. The number of sulfone groups is 1. The van der Waals surface area contributed by atoms with Crippen LogP contribution < -0.4 is 4.84 Å². The third kappa shape index (κ3) is 15.8. The average molecular weight is 324 g/mol. The van der Waals surface area contributed by atoms with Gasteiger partial charge in [-0.05, 0) is 32.5 Å². The molecule has 0 aliphatic heterocycles. The highest BCUT2D eigenvalue weighted by atomic mass is 35.5. The molecule has 0 aliphatic rings. The molecular weight excluding hydrogens is 306 g/mol. The zero-order chi connectivity index (χ0) is 14.8. The Kier molecular flexibility index (Phi) is 10.8. The number of hydrogen-bond acceptors (Lipinski definition) is 7. The van der Waals surface area contributed by atoms with Gasteiger partial charge in [-0.25, -0.2) is 13.3 Å². The molecule has 0 spiro atoms. The van der Waals surface area contributed by atoms with Crippen LogP contribution in [0.5, 0.6) is 0 Å². The first-order chi connectivity index (χ1) is 8.06. The van der Waals surface area contributed by atoms with Gasteiger partial charge in [0.25, 0.3) is 0 Å². The van der Waals surface area contributed by atoms with E-state index in [4.69, 9.17) is 29.1 Å². The van der Waals surface area contributed by atoms with Crippen LogP contribution in [0.15, 0.2) is 0 Å². The van der Waals surface area contributed by atoms with Gasteiger partial charge in [0.15, 0.2) is 9.84 Å². The summed E-state index contributed by atoms with van der Waals surface area (Å²) in [5.74, 6) is 0.0550. The Morgan fingerprint density at radius 3 is 2.06 bits per heavy atom. The molecule has 0 heterocycles. The fraction of sp³-hybridized carbons (Fsp3) is 1.00. The van der Waals surface area contributed by atoms with Crippen molar-refractivity contribution in [2.45, 2.75) is 26.3 Å². The molecule has 0 amide bonds. The third-order valence-corrected chi connectivity index (χ3v) is 4.04. The Balaban J connectivity index is 0. The number of halogens is 1. The first-order valence-electron chi connectivity index (χ1n) is 4.99. The summed E-state index contributed by atoms with van der Waals surface area (Å²) in [4.78, 5) is 2.44. The Morgan fingerprint density at radius 2 is 1.72 bits per heavy atom. The molecule has 0 fully saturated rings. The summed E-state index contributed by atoms with van der Waals surface area (Å²) in [5.41, 5.74) is -0.605. The highest BCUT2D eigenvalue weighted by Crippen LogP contribution is 2.08. The second-order valence-electron chi connectivity index (χ2n) is 3.97. The monoisotopic (exact) mass is 323 g/mol. The molecule has 1 N–H and O–H groups in total. The Morgan fingerprint density at radius 1 is 1.28 bits per heavy atom. The zero-order valence-electron chi connectivity index (χ0n) is 10.5. The van der Waals surface area contributed by atoms with Crippen LogP contribution >= 0.6 is 11.8 Å². The number of rotatable bonds is 7. The van der Waals surface area contributed by atoms with E-state index in [1.54, 1.807) is 13.8 Å². The van der Waals surface area contributed by atoms with Crippen molar-refractivity contribution >= 4 is 32.2 Å². The summed E-state index contributed by atoms with van der Waals surface area (Å²) in [6.45, 7) is 6.08. The van der Waals surface area contributed by atoms with Crippen molar-refractivity contribution in [3.05, 3.63) is 0 Å². The third-order valence-electron chi connectivity index (χ3n) is 1.58. The fourth-order valence-corrected chi connectivity index (χ4v) is 2.81. The maximum Gasteiger partial charge on any atom is 0.425 e. The van der Waals surface area contributed by atoms with E-state index in [9.17, 15) is 8.42 Å². The van der Waals surface area contributed by atoms with Crippen molar-refractivity contribution in [3.63, 3.8) is 0 Å². The van der Waals surface area contributed by atoms with E-state index in [1.807, 2.05) is 6.92 Å². The van der Waals surface area contributed by atoms with E-state index in [-0.39, 0.29) is 18.1 Å². The first kappa shape index (κ1) is 20.1. The van der Waals surface area contributed by atoms with Crippen LogP contribution in [-0.2, 0) is 25.2 Å². The lowest BCUT2D eigenvalue weighted by Crippen LogP contribution is -2.41. The van der Waals surface area contributed by atoms with Gasteiger partial charge < -0.3 is 4.74 Å². The van der Waals surface area contributed by atoms with Gasteiger partial charge in [0.1, 0.15) is 0 Å². The Labute approximate surface area is 114 Å². The molecule has 0 unspecified atom stereocenters. The maximum absolute atomic E-state index is 11.5. The lowest BCUT2D eigenvalue weighted by atomic mass is 10.1. The van der Waals surface area contributed by atoms with Gasteiger partial charge in [0.05, 0.1) is 18.1 Å². The molecular formula is C8H18ClNO6S2. The number of ether oxygens (including phenoxy) is 1. The molecule has 0 saturated heterocycles. The molecule has 7 nitrogen and oxygen atoms in total. The van der Waals surface area contributed by atoms with Crippen molar-refractivity contribution in [1.29, 1.82) is 0 Å². The SMILES string of the molecule is CCOCCS(=O)(=O)CC(C)(C)NCl.O=S(=O)=O. The fourth-order valence-electron chi connectivity index (χ4n) is 0.979. The molecule has 0 aromatic carbocycles. The van der Waals surface area contributed by atoms with Gasteiger partial charge in [-0.2, -0.15) is 0 Å². The van der Waals surface area contributed by atoms with E-state index in [2.05, 4.69) is 4.84 Å². The zero-order valence-corrected chi connectivity index (χ0v) is 12.9. The van der Waals surface area contributed by atoms with Crippen LogP contribution in [0.2, 0.25) is 0 Å². The smallest absolute Gasteiger partial charge is 0.381 e. The number of nitrogens with one attached hydrogen (secondary N) is 1. The average Bonchev–Trinajstić information content (AvgIpc) is 2.15. The molecule has 0 radical (unpaired) electrons. The van der Waals surface area contributed by atoms with Crippen molar-refractivity contribution in [1.82, 2.24) is 4.84 Å². The van der Waals surface area contributed by atoms with E-state index in [1.165, 1.54) is 0 Å². The standard InChI is InChI=1S/C8H18ClNO3S.O3S/c1-4-13-5-6-14(11,12)7-8(2,3)10-9;1-4(2)3/h10H,4-7H2,1-3H3;. The van der Waals surface area contributed by atoms with Crippen LogP contribution in [-0.4, -0.2) is 51.3 Å². The molecule has 0 rings (SSSR count). The lowest BCUT2D eigenvalue weighted by molar-refractivity contribution is 0.163. The minimum atomic E-state index is -3.11. The molecule has 110 valence electrons. The predicted octanol–water partition coefficient (Wildman–Crippen LogP) is -0.0444. The molecule has 0 bridgehead atoms. The van der Waals surface area contributed by atoms with Gasteiger partial charge in [-0.1, -0.05) is 0 Å².